The minimum Gasteiger partial charge on any atom is -0.493 e. The second-order valence-corrected chi connectivity index (χ2v) is 8.59. The summed E-state index contributed by atoms with van der Waals surface area (Å²) in [5, 5.41) is 14.6. The van der Waals surface area contributed by atoms with E-state index < -0.39 is 0 Å². The van der Waals surface area contributed by atoms with Crippen LogP contribution in [0.3, 0.4) is 0 Å². The van der Waals surface area contributed by atoms with Crippen LogP contribution in [0.15, 0.2) is 66.9 Å². The van der Waals surface area contributed by atoms with Crippen LogP contribution >= 0.6 is 23.2 Å². The lowest BCUT2D eigenvalue weighted by atomic mass is 9.96. The number of hydrogen-bond donors (Lipinski definition) is 1. The third-order valence-corrected chi connectivity index (χ3v) is 6.13. The van der Waals surface area contributed by atoms with E-state index in [1.54, 1.807) is 24.3 Å². The van der Waals surface area contributed by atoms with E-state index in [0.29, 0.717) is 34.0 Å². The summed E-state index contributed by atoms with van der Waals surface area (Å²) in [6, 6.07) is 20.4. The molecule has 2 heterocycles. The van der Waals surface area contributed by atoms with E-state index in [0.717, 1.165) is 22.4 Å². The van der Waals surface area contributed by atoms with Crippen LogP contribution in [0.4, 0.5) is 0 Å². The Kier molecular flexibility index (Phi) is 5.63. The lowest BCUT2D eigenvalue weighted by molar-refractivity contribution is 0.0924. The number of nitrogens with zero attached hydrogens (tertiary/aromatic N) is 2. The number of halogens is 2. The predicted octanol–water partition coefficient (Wildman–Crippen LogP) is 6.33. The van der Waals surface area contributed by atoms with Gasteiger partial charge in [-0.1, -0.05) is 59.6 Å². The van der Waals surface area contributed by atoms with Crippen molar-refractivity contribution in [3.05, 3.63) is 93.6 Å². The van der Waals surface area contributed by atoms with Gasteiger partial charge in [-0.3, -0.25) is 9.78 Å². The van der Waals surface area contributed by atoms with Crippen molar-refractivity contribution in [3.63, 3.8) is 0 Å². The van der Waals surface area contributed by atoms with Gasteiger partial charge in [0.1, 0.15) is 11.8 Å². The third-order valence-electron chi connectivity index (χ3n) is 5.69. The highest BCUT2D eigenvalue weighted by molar-refractivity contribution is 6.35. The average molecular weight is 474 g/mol. The Balaban J connectivity index is 1.55. The molecule has 7 heteroatoms. The fourth-order valence-electron chi connectivity index (χ4n) is 4.19. The summed E-state index contributed by atoms with van der Waals surface area (Å²) in [5.41, 5.74) is 3.58. The van der Waals surface area contributed by atoms with E-state index in [-0.39, 0.29) is 23.1 Å². The summed E-state index contributed by atoms with van der Waals surface area (Å²) in [6.07, 6.45) is 2.10. The minimum atomic E-state index is -0.348. The Morgan fingerprint density at radius 2 is 1.88 bits per heavy atom. The first kappa shape index (κ1) is 21.3. The maximum Gasteiger partial charge on any atom is 0.254 e. The van der Waals surface area contributed by atoms with Gasteiger partial charge in [0.15, 0.2) is 0 Å². The quantitative estimate of drug-likeness (QED) is 0.376. The van der Waals surface area contributed by atoms with Crippen LogP contribution in [-0.4, -0.2) is 17.5 Å². The highest BCUT2D eigenvalue weighted by Gasteiger charge is 2.25. The lowest BCUT2D eigenvalue weighted by Gasteiger charge is -2.26. The number of para-hydroxylation sites is 2. The van der Waals surface area contributed by atoms with E-state index in [2.05, 4.69) is 16.4 Å². The van der Waals surface area contributed by atoms with Crippen LogP contribution in [-0.2, 0) is 0 Å². The molecular formula is C26H17Cl2N3O2. The van der Waals surface area contributed by atoms with E-state index in [4.69, 9.17) is 27.9 Å². The second kappa shape index (κ2) is 8.74. The fourth-order valence-corrected chi connectivity index (χ4v) is 4.71. The zero-order chi connectivity index (χ0) is 22.9. The van der Waals surface area contributed by atoms with Gasteiger partial charge < -0.3 is 10.1 Å². The number of nitrogens with one attached hydrogen (secondary N) is 1. The van der Waals surface area contributed by atoms with Crippen LogP contribution in [0.1, 0.15) is 33.9 Å². The number of pyridine rings is 1. The molecule has 3 aromatic carbocycles. The molecule has 1 aliphatic rings. The van der Waals surface area contributed by atoms with E-state index in [1.165, 1.54) is 6.20 Å². The van der Waals surface area contributed by atoms with Gasteiger partial charge in [-0.2, -0.15) is 5.26 Å². The van der Waals surface area contributed by atoms with Gasteiger partial charge >= 0.3 is 0 Å². The molecule has 0 spiro atoms. The number of hydrogen-bond acceptors (Lipinski definition) is 4. The molecule has 33 heavy (non-hydrogen) atoms. The van der Waals surface area contributed by atoms with Gasteiger partial charge in [-0.25, -0.2) is 0 Å². The van der Waals surface area contributed by atoms with Crippen molar-refractivity contribution in [2.45, 2.75) is 12.5 Å². The average Bonchev–Trinajstić information content (AvgIpc) is 2.82. The van der Waals surface area contributed by atoms with Crippen LogP contribution in [0, 0.1) is 11.3 Å². The van der Waals surface area contributed by atoms with Gasteiger partial charge in [-0.15, -0.1) is 0 Å². The molecule has 0 saturated carbocycles. The van der Waals surface area contributed by atoms with Gasteiger partial charge in [0.05, 0.1) is 29.3 Å². The molecule has 5 nitrogen and oxygen atoms in total. The number of fused-ring (bicyclic) bond motifs is 2. The Morgan fingerprint density at radius 3 is 2.67 bits per heavy atom. The molecule has 4 aromatic rings. The Morgan fingerprint density at radius 1 is 1.09 bits per heavy atom. The van der Waals surface area contributed by atoms with Crippen molar-refractivity contribution in [1.82, 2.24) is 10.3 Å². The van der Waals surface area contributed by atoms with Gasteiger partial charge in [0, 0.05) is 39.2 Å². The second-order valence-electron chi connectivity index (χ2n) is 7.72. The summed E-state index contributed by atoms with van der Waals surface area (Å²) in [5.74, 6) is 0.412. The lowest BCUT2D eigenvalue weighted by Crippen LogP contribution is -2.32. The molecule has 1 atom stereocenters. The molecule has 1 N–H and O–H groups in total. The number of nitriles is 1. The van der Waals surface area contributed by atoms with Gasteiger partial charge in [0.25, 0.3) is 5.91 Å². The molecule has 162 valence electrons. The van der Waals surface area contributed by atoms with Crippen LogP contribution in [0.2, 0.25) is 10.0 Å². The molecule has 0 unspecified atom stereocenters. The first-order chi connectivity index (χ1) is 16.0. The Bertz CT molecular complexity index is 1430. The molecule has 1 amide bonds. The fraction of sp³-hybridized carbons (Fsp3) is 0.115. The van der Waals surface area contributed by atoms with Crippen molar-refractivity contribution in [2.24, 2.45) is 0 Å². The molecular weight excluding hydrogens is 457 g/mol. The number of aromatic nitrogens is 1. The molecule has 0 saturated heterocycles. The Labute approximate surface area is 200 Å². The van der Waals surface area contributed by atoms with Crippen molar-refractivity contribution in [1.29, 1.82) is 5.26 Å². The highest BCUT2D eigenvalue weighted by atomic mass is 35.5. The molecule has 1 aromatic heterocycles. The molecule has 5 rings (SSSR count). The van der Waals surface area contributed by atoms with Crippen molar-refractivity contribution < 1.29 is 9.53 Å². The largest absolute Gasteiger partial charge is 0.493 e. The normalized spacial score (nSPS) is 14.8. The maximum atomic E-state index is 13.2. The number of carbonyl (C=O) groups excluding carboxylic acids is 1. The van der Waals surface area contributed by atoms with Crippen LogP contribution < -0.4 is 10.1 Å². The van der Waals surface area contributed by atoms with Crippen molar-refractivity contribution in [3.8, 4) is 22.9 Å². The monoisotopic (exact) mass is 473 g/mol. The SMILES string of the molecule is N#Cc1c(C(=O)N[C@H]2CCOc3ccccc32)cnc2c(-c3cc(Cl)cc(Cl)c3)cccc12. The van der Waals surface area contributed by atoms with Crippen LogP contribution in [0.25, 0.3) is 22.0 Å². The molecule has 0 aliphatic carbocycles. The molecule has 0 radical (unpaired) electrons. The Hall–Kier alpha value is -3.59. The molecule has 0 bridgehead atoms. The summed E-state index contributed by atoms with van der Waals surface area (Å²) >= 11 is 12.4. The topological polar surface area (TPSA) is 75.0 Å². The summed E-state index contributed by atoms with van der Waals surface area (Å²) < 4.78 is 5.68. The number of carbonyl (C=O) groups is 1. The number of rotatable bonds is 3. The first-order valence-electron chi connectivity index (χ1n) is 10.4. The maximum absolute atomic E-state index is 13.2. The van der Waals surface area contributed by atoms with Gasteiger partial charge in [0.2, 0.25) is 0 Å². The number of benzene rings is 3. The predicted molar refractivity (Wildman–Crippen MR) is 129 cm³/mol. The summed E-state index contributed by atoms with van der Waals surface area (Å²) in [4.78, 5) is 17.8. The summed E-state index contributed by atoms with van der Waals surface area (Å²) in [7, 11) is 0. The summed E-state index contributed by atoms with van der Waals surface area (Å²) in [6.45, 7) is 0.509. The number of ether oxygens (including phenoxy) is 1. The zero-order valence-electron chi connectivity index (χ0n) is 17.3. The molecule has 0 fully saturated rings. The first-order valence-corrected chi connectivity index (χ1v) is 11.1. The molecule has 1 aliphatic heterocycles. The minimum absolute atomic E-state index is 0.204. The van der Waals surface area contributed by atoms with E-state index in [1.807, 2.05) is 36.4 Å². The van der Waals surface area contributed by atoms with Crippen molar-refractivity contribution in [2.75, 3.05) is 6.61 Å². The van der Waals surface area contributed by atoms with E-state index >= 15 is 0 Å². The van der Waals surface area contributed by atoms with Gasteiger partial charge in [-0.05, 0) is 29.8 Å². The zero-order valence-corrected chi connectivity index (χ0v) is 18.8. The van der Waals surface area contributed by atoms with E-state index in [9.17, 15) is 10.1 Å². The number of amides is 1. The van der Waals surface area contributed by atoms with Crippen LogP contribution in [0.5, 0.6) is 5.75 Å². The third kappa shape index (κ3) is 4.00. The highest BCUT2D eigenvalue weighted by Crippen LogP contribution is 2.34. The van der Waals surface area contributed by atoms with Crippen molar-refractivity contribution >= 4 is 40.0 Å². The smallest absolute Gasteiger partial charge is 0.254 e. The standard InChI is InChI=1S/C26H17Cl2N3O2/c27-16-10-15(11-17(28)12-16)18-5-3-6-19-21(13-29)22(14-30-25(18)19)26(32)31-23-8-9-33-24-7-2-1-4-20(23)24/h1-7,10-12,14,23H,8-9H2,(H,31,32)/t23-/m0/s1.